The van der Waals surface area contributed by atoms with Gasteiger partial charge in [-0.3, -0.25) is 0 Å². The second kappa shape index (κ2) is 7.08. The van der Waals surface area contributed by atoms with E-state index in [0.717, 1.165) is 16.9 Å². The molecule has 1 nitrogen and oxygen atoms in total. The van der Waals surface area contributed by atoms with Crippen molar-refractivity contribution in [1.82, 2.24) is 0 Å². The number of nitrogen functional groups attached to an aromatic ring is 1. The SMILES string of the molecule is CC1CCCC(SCCCc2cccc(N)c2)C1. The lowest BCUT2D eigenvalue weighted by Crippen LogP contribution is -2.15. The van der Waals surface area contributed by atoms with E-state index in [2.05, 4.69) is 36.9 Å². The van der Waals surface area contributed by atoms with Crippen LogP contribution in [-0.2, 0) is 6.42 Å². The lowest BCUT2D eigenvalue weighted by Gasteiger charge is -2.26. The zero-order chi connectivity index (χ0) is 12.8. The number of thioether (sulfide) groups is 1. The molecule has 1 aliphatic rings. The van der Waals surface area contributed by atoms with E-state index in [9.17, 15) is 0 Å². The van der Waals surface area contributed by atoms with Gasteiger partial charge in [0.2, 0.25) is 0 Å². The van der Waals surface area contributed by atoms with E-state index < -0.39 is 0 Å². The third kappa shape index (κ3) is 4.56. The Morgan fingerprint density at radius 2 is 2.22 bits per heavy atom. The normalized spacial score (nSPS) is 24.1. The Hall–Kier alpha value is -0.630. The van der Waals surface area contributed by atoms with E-state index in [1.165, 1.54) is 49.8 Å². The molecule has 0 heterocycles. The highest BCUT2D eigenvalue weighted by molar-refractivity contribution is 7.99. The molecule has 0 saturated heterocycles. The summed E-state index contributed by atoms with van der Waals surface area (Å²) in [5, 5.41) is 0.926. The number of hydrogen-bond donors (Lipinski definition) is 1. The van der Waals surface area contributed by atoms with Crippen molar-refractivity contribution in [3.63, 3.8) is 0 Å². The molecule has 0 spiro atoms. The molecule has 2 unspecified atom stereocenters. The molecule has 1 aromatic rings. The molecule has 18 heavy (non-hydrogen) atoms. The lowest BCUT2D eigenvalue weighted by molar-refractivity contribution is 0.394. The molecule has 100 valence electrons. The van der Waals surface area contributed by atoms with Gasteiger partial charge in [0, 0.05) is 10.9 Å². The molecule has 2 atom stereocenters. The summed E-state index contributed by atoms with van der Waals surface area (Å²) in [6, 6.07) is 8.30. The summed E-state index contributed by atoms with van der Waals surface area (Å²) < 4.78 is 0. The van der Waals surface area contributed by atoms with Crippen LogP contribution in [0.3, 0.4) is 0 Å². The lowest BCUT2D eigenvalue weighted by atomic mass is 9.91. The van der Waals surface area contributed by atoms with Crippen LogP contribution in [0, 0.1) is 5.92 Å². The first-order valence-corrected chi connectivity index (χ1v) is 8.25. The van der Waals surface area contributed by atoms with Crippen molar-refractivity contribution >= 4 is 17.4 Å². The second-order valence-corrected chi connectivity index (χ2v) is 7.02. The smallest absolute Gasteiger partial charge is 0.0316 e. The molecule has 2 N–H and O–H groups in total. The monoisotopic (exact) mass is 263 g/mol. The summed E-state index contributed by atoms with van der Waals surface area (Å²) in [4.78, 5) is 0. The average Bonchev–Trinajstić information content (AvgIpc) is 2.35. The van der Waals surface area contributed by atoms with Crippen LogP contribution in [0.2, 0.25) is 0 Å². The van der Waals surface area contributed by atoms with Crippen molar-refractivity contribution in [2.45, 2.75) is 50.7 Å². The zero-order valence-corrected chi connectivity index (χ0v) is 12.2. The minimum absolute atomic E-state index is 0.890. The first-order valence-electron chi connectivity index (χ1n) is 7.20. The summed E-state index contributed by atoms with van der Waals surface area (Å²) in [6.45, 7) is 2.40. The van der Waals surface area contributed by atoms with Gasteiger partial charge >= 0.3 is 0 Å². The van der Waals surface area contributed by atoms with Crippen molar-refractivity contribution in [3.05, 3.63) is 29.8 Å². The predicted molar refractivity (Wildman–Crippen MR) is 83.1 cm³/mol. The molecule has 1 fully saturated rings. The Balaban J connectivity index is 1.64. The first-order chi connectivity index (χ1) is 8.74. The van der Waals surface area contributed by atoms with Crippen molar-refractivity contribution in [3.8, 4) is 0 Å². The third-order valence-corrected chi connectivity index (χ3v) is 5.23. The maximum Gasteiger partial charge on any atom is 0.0316 e. The van der Waals surface area contributed by atoms with Crippen LogP contribution in [-0.4, -0.2) is 11.0 Å². The molecule has 2 heteroatoms. The Kier molecular flexibility index (Phi) is 5.43. The highest BCUT2D eigenvalue weighted by atomic mass is 32.2. The minimum atomic E-state index is 0.890. The highest BCUT2D eigenvalue weighted by Crippen LogP contribution is 2.32. The second-order valence-electron chi connectivity index (χ2n) is 5.61. The van der Waals surface area contributed by atoms with Crippen molar-refractivity contribution in [2.75, 3.05) is 11.5 Å². The van der Waals surface area contributed by atoms with Crippen LogP contribution in [0.5, 0.6) is 0 Å². The van der Waals surface area contributed by atoms with Gasteiger partial charge in [0.15, 0.2) is 0 Å². The zero-order valence-electron chi connectivity index (χ0n) is 11.4. The van der Waals surface area contributed by atoms with E-state index >= 15 is 0 Å². The van der Waals surface area contributed by atoms with Gasteiger partial charge in [0.05, 0.1) is 0 Å². The maximum atomic E-state index is 5.79. The number of rotatable bonds is 5. The van der Waals surface area contributed by atoms with Crippen LogP contribution >= 0.6 is 11.8 Å². The molecule has 0 aliphatic heterocycles. The Morgan fingerprint density at radius 3 is 3.00 bits per heavy atom. The summed E-state index contributed by atoms with van der Waals surface area (Å²) >= 11 is 2.19. The van der Waals surface area contributed by atoms with Crippen LogP contribution in [0.15, 0.2) is 24.3 Å². The van der Waals surface area contributed by atoms with Gasteiger partial charge in [-0.15, -0.1) is 0 Å². The average molecular weight is 263 g/mol. The molecule has 2 rings (SSSR count). The Labute approximate surface area is 116 Å². The first kappa shape index (κ1) is 13.8. The maximum absolute atomic E-state index is 5.79. The van der Waals surface area contributed by atoms with Crippen LogP contribution in [0.1, 0.15) is 44.6 Å². The highest BCUT2D eigenvalue weighted by Gasteiger charge is 2.18. The summed E-state index contributed by atoms with van der Waals surface area (Å²) in [5.41, 5.74) is 8.06. The quantitative estimate of drug-likeness (QED) is 0.624. The van der Waals surface area contributed by atoms with Gasteiger partial charge in [0.25, 0.3) is 0 Å². The molecule has 1 aliphatic carbocycles. The van der Waals surface area contributed by atoms with Crippen LogP contribution in [0.25, 0.3) is 0 Å². The number of benzene rings is 1. The molecular formula is C16H25NS. The molecular weight excluding hydrogens is 238 g/mol. The van der Waals surface area contributed by atoms with Gasteiger partial charge < -0.3 is 5.73 Å². The molecule has 0 aromatic heterocycles. The summed E-state index contributed by atoms with van der Waals surface area (Å²) in [5.74, 6) is 2.25. The number of hydrogen-bond acceptors (Lipinski definition) is 2. The standard InChI is InChI=1S/C16H25NS/c1-13-5-2-9-16(11-13)18-10-4-7-14-6-3-8-15(17)12-14/h3,6,8,12-13,16H,2,4-5,7,9-11,17H2,1H3. The number of aryl methyl sites for hydroxylation is 1. The van der Waals surface area contributed by atoms with E-state index in [4.69, 9.17) is 5.73 Å². The van der Waals surface area contributed by atoms with Crippen molar-refractivity contribution in [1.29, 1.82) is 0 Å². The molecule has 1 aromatic carbocycles. The summed E-state index contributed by atoms with van der Waals surface area (Å²) in [6.07, 6.45) is 8.20. The fraction of sp³-hybridized carbons (Fsp3) is 0.625. The fourth-order valence-electron chi connectivity index (χ4n) is 2.80. The molecule has 0 amide bonds. The number of nitrogens with two attached hydrogens (primary N) is 1. The Morgan fingerprint density at radius 1 is 1.33 bits per heavy atom. The predicted octanol–water partition coefficient (Wildman–Crippen LogP) is 4.51. The summed E-state index contributed by atoms with van der Waals surface area (Å²) in [7, 11) is 0. The van der Waals surface area contributed by atoms with Crippen molar-refractivity contribution < 1.29 is 0 Å². The van der Waals surface area contributed by atoms with E-state index in [-0.39, 0.29) is 0 Å². The van der Waals surface area contributed by atoms with E-state index in [1.807, 2.05) is 6.07 Å². The van der Waals surface area contributed by atoms with Gasteiger partial charge in [-0.2, -0.15) is 11.8 Å². The van der Waals surface area contributed by atoms with E-state index in [1.54, 1.807) is 0 Å². The van der Waals surface area contributed by atoms with Gasteiger partial charge in [-0.25, -0.2) is 0 Å². The largest absolute Gasteiger partial charge is 0.399 e. The van der Waals surface area contributed by atoms with Gasteiger partial charge in [0.1, 0.15) is 0 Å². The molecule has 1 saturated carbocycles. The minimum Gasteiger partial charge on any atom is -0.399 e. The van der Waals surface area contributed by atoms with Crippen LogP contribution in [0.4, 0.5) is 5.69 Å². The van der Waals surface area contributed by atoms with Crippen molar-refractivity contribution in [2.24, 2.45) is 5.92 Å². The molecule has 0 bridgehead atoms. The molecule has 0 radical (unpaired) electrons. The fourth-order valence-corrected chi connectivity index (χ4v) is 4.25. The third-order valence-electron chi connectivity index (χ3n) is 3.80. The van der Waals surface area contributed by atoms with E-state index in [0.29, 0.717) is 0 Å². The Bertz CT molecular complexity index is 364. The number of anilines is 1. The van der Waals surface area contributed by atoms with Gasteiger partial charge in [-0.05, 0) is 55.1 Å². The topological polar surface area (TPSA) is 26.0 Å². The van der Waals surface area contributed by atoms with Gasteiger partial charge in [-0.1, -0.05) is 31.9 Å². The van der Waals surface area contributed by atoms with Crippen LogP contribution < -0.4 is 5.73 Å².